The lowest BCUT2D eigenvalue weighted by molar-refractivity contribution is 0.303. The number of halogens is 1. The first-order chi connectivity index (χ1) is 10.1. The van der Waals surface area contributed by atoms with Crippen LogP contribution in [0.4, 0.5) is 5.82 Å². The predicted molar refractivity (Wildman–Crippen MR) is 86.2 cm³/mol. The Balaban J connectivity index is 1.90. The number of aryl methyl sites for hydroxylation is 2. The molecule has 0 aliphatic rings. The van der Waals surface area contributed by atoms with Crippen LogP contribution in [-0.4, -0.2) is 22.6 Å². The second kappa shape index (κ2) is 7.27. The number of nitrogens with one attached hydrogen (secondary N) is 1. The minimum absolute atomic E-state index is 0.113. The standard InChI is InChI=1S/C16H20ClN3O/c1-4-15-19-14(17)9-16(20-15)18-12(3)10-21-13-7-5-11(2)6-8-13/h5-9,12H,4,10H2,1-3H3,(H,18,19,20). The maximum Gasteiger partial charge on any atom is 0.134 e. The second-order valence-corrected chi connectivity index (χ2v) is 5.40. The van der Waals surface area contributed by atoms with Gasteiger partial charge in [0.2, 0.25) is 0 Å². The fourth-order valence-corrected chi connectivity index (χ4v) is 2.05. The Morgan fingerprint density at radius 1 is 1.24 bits per heavy atom. The molecule has 5 heteroatoms. The van der Waals surface area contributed by atoms with E-state index < -0.39 is 0 Å². The van der Waals surface area contributed by atoms with Gasteiger partial charge in [0.05, 0.1) is 6.04 Å². The van der Waals surface area contributed by atoms with Gasteiger partial charge in [0.15, 0.2) is 0 Å². The molecule has 1 aromatic carbocycles. The maximum atomic E-state index is 5.98. The maximum absolute atomic E-state index is 5.98. The van der Waals surface area contributed by atoms with E-state index in [1.807, 2.05) is 38.1 Å². The summed E-state index contributed by atoms with van der Waals surface area (Å²) in [5.41, 5.74) is 1.22. The molecule has 1 N–H and O–H groups in total. The van der Waals surface area contributed by atoms with Gasteiger partial charge in [-0.3, -0.25) is 0 Å². The van der Waals surface area contributed by atoms with Crippen molar-refractivity contribution in [2.75, 3.05) is 11.9 Å². The highest BCUT2D eigenvalue weighted by molar-refractivity contribution is 6.29. The second-order valence-electron chi connectivity index (χ2n) is 5.02. The summed E-state index contributed by atoms with van der Waals surface area (Å²) in [5, 5.41) is 3.73. The predicted octanol–water partition coefficient (Wildman–Crippen LogP) is 3.88. The normalized spacial score (nSPS) is 12.0. The summed E-state index contributed by atoms with van der Waals surface area (Å²) in [6.45, 7) is 6.64. The average Bonchev–Trinajstić information content (AvgIpc) is 2.46. The molecule has 1 heterocycles. The minimum Gasteiger partial charge on any atom is -0.491 e. The fraction of sp³-hybridized carbons (Fsp3) is 0.375. The molecule has 4 nitrogen and oxygen atoms in total. The van der Waals surface area contributed by atoms with Crippen LogP contribution in [0.5, 0.6) is 5.75 Å². The van der Waals surface area contributed by atoms with Crippen LogP contribution in [0.15, 0.2) is 30.3 Å². The van der Waals surface area contributed by atoms with Crippen LogP contribution in [-0.2, 0) is 6.42 Å². The van der Waals surface area contributed by atoms with Gasteiger partial charge in [-0.05, 0) is 26.0 Å². The molecule has 2 aromatic rings. The third kappa shape index (κ3) is 4.90. The number of benzene rings is 1. The molecule has 21 heavy (non-hydrogen) atoms. The van der Waals surface area contributed by atoms with Crippen LogP contribution in [0.3, 0.4) is 0 Å². The summed E-state index contributed by atoms with van der Waals surface area (Å²) in [6.07, 6.45) is 0.753. The van der Waals surface area contributed by atoms with Crippen LogP contribution < -0.4 is 10.1 Å². The Hall–Kier alpha value is -1.81. The van der Waals surface area contributed by atoms with Gasteiger partial charge in [0.25, 0.3) is 0 Å². The van der Waals surface area contributed by atoms with Crippen LogP contribution in [0.2, 0.25) is 5.15 Å². The summed E-state index contributed by atoms with van der Waals surface area (Å²) >= 11 is 5.98. The van der Waals surface area contributed by atoms with Crippen molar-refractivity contribution in [1.29, 1.82) is 0 Å². The Kier molecular flexibility index (Phi) is 5.39. The van der Waals surface area contributed by atoms with Gasteiger partial charge < -0.3 is 10.1 Å². The monoisotopic (exact) mass is 305 g/mol. The molecule has 0 aliphatic heterocycles. The summed E-state index contributed by atoms with van der Waals surface area (Å²) < 4.78 is 5.74. The molecule has 2 rings (SSSR count). The van der Waals surface area contributed by atoms with E-state index in [2.05, 4.69) is 22.2 Å². The zero-order valence-electron chi connectivity index (χ0n) is 12.6. The number of ether oxygens (including phenoxy) is 1. The van der Waals surface area contributed by atoms with Crippen LogP contribution in [0.25, 0.3) is 0 Å². The molecule has 1 unspecified atom stereocenters. The van der Waals surface area contributed by atoms with Crippen molar-refractivity contribution in [1.82, 2.24) is 9.97 Å². The number of hydrogen-bond donors (Lipinski definition) is 1. The molecule has 0 fully saturated rings. The lowest BCUT2D eigenvalue weighted by atomic mass is 10.2. The number of nitrogens with zero attached hydrogens (tertiary/aromatic N) is 2. The Morgan fingerprint density at radius 3 is 2.62 bits per heavy atom. The van der Waals surface area contributed by atoms with Gasteiger partial charge in [-0.15, -0.1) is 0 Å². The summed E-state index contributed by atoms with van der Waals surface area (Å²) in [7, 11) is 0. The molecule has 112 valence electrons. The molecule has 0 amide bonds. The molecule has 0 aliphatic carbocycles. The summed E-state index contributed by atoms with van der Waals surface area (Å²) in [4.78, 5) is 8.54. The van der Waals surface area contributed by atoms with Crippen molar-refractivity contribution >= 4 is 17.4 Å². The first kappa shape index (κ1) is 15.6. The smallest absolute Gasteiger partial charge is 0.134 e. The van der Waals surface area contributed by atoms with E-state index >= 15 is 0 Å². The molecule has 0 radical (unpaired) electrons. The highest BCUT2D eigenvalue weighted by Crippen LogP contribution is 2.14. The topological polar surface area (TPSA) is 47.0 Å². The first-order valence-electron chi connectivity index (χ1n) is 7.06. The Morgan fingerprint density at radius 2 is 1.95 bits per heavy atom. The van der Waals surface area contributed by atoms with Crippen molar-refractivity contribution in [3.05, 3.63) is 46.9 Å². The van der Waals surface area contributed by atoms with Crippen molar-refractivity contribution in [2.45, 2.75) is 33.2 Å². The van der Waals surface area contributed by atoms with E-state index in [1.165, 1.54) is 5.56 Å². The van der Waals surface area contributed by atoms with E-state index in [1.54, 1.807) is 6.07 Å². The van der Waals surface area contributed by atoms with Crippen LogP contribution in [0.1, 0.15) is 25.2 Å². The third-order valence-electron chi connectivity index (χ3n) is 2.97. The molecule has 1 atom stereocenters. The molecule has 0 saturated carbocycles. The van der Waals surface area contributed by atoms with E-state index in [-0.39, 0.29) is 6.04 Å². The Labute approximate surface area is 130 Å². The first-order valence-corrected chi connectivity index (χ1v) is 7.44. The lowest BCUT2D eigenvalue weighted by Gasteiger charge is -2.16. The van der Waals surface area contributed by atoms with Crippen molar-refractivity contribution in [2.24, 2.45) is 0 Å². The molecule has 0 spiro atoms. The van der Waals surface area contributed by atoms with E-state index in [0.29, 0.717) is 11.8 Å². The van der Waals surface area contributed by atoms with Crippen molar-refractivity contribution in [3.8, 4) is 5.75 Å². The highest BCUT2D eigenvalue weighted by atomic mass is 35.5. The zero-order valence-corrected chi connectivity index (χ0v) is 13.3. The van der Waals surface area contributed by atoms with Gasteiger partial charge in [-0.1, -0.05) is 36.2 Å². The van der Waals surface area contributed by atoms with Crippen molar-refractivity contribution < 1.29 is 4.74 Å². The summed E-state index contributed by atoms with van der Waals surface area (Å²) in [5.74, 6) is 2.33. The Bertz CT molecular complexity index is 587. The summed E-state index contributed by atoms with van der Waals surface area (Å²) in [6, 6.07) is 9.85. The van der Waals surface area contributed by atoms with E-state index in [9.17, 15) is 0 Å². The van der Waals surface area contributed by atoms with Crippen molar-refractivity contribution in [3.63, 3.8) is 0 Å². The van der Waals surface area contributed by atoms with Gasteiger partial charge in [0.1, 0.15) is 29.2 Å². The van der Waals surface area contributed by atoms with Gasteiger partial charge in [-0.2, -0.15) is 0 Å². The average molecular weight is 306 g/mol. The minimum atomic E-state index is 0.113. The molecule has 0 bridgehead atoms. The zero-order chi connectivity index (χ0) is 15.2. The van der Waals surface area contributed by atoms with Crippen LogP contribution >= 0.6 is 11.6 Å². The number of anilines is 1. The molecular weight excluding hydrogens is 286 g/mol. The highest BCUT2D eigenvalue weighted by Gasteiger charge is 2.07. The van der Waals surface area contributed by atoms with Gasteiger partial charge in [0, 0.05) is 12.5 Å². The quantitative estimate of drug-likeness (QED) is 0.823. The van der Waals surface area contributed by atoms with Gasteiger partial charge >= 0.3 is 0 Å². The van der Waals surface area contributed by atoms with E-state index in [0.717, 1.165) is 23.8 Å². The number of rotatable bonds is 6. The lowest BCUT2D eigenvalue weighted by Crippen LogP contribution is -2.24. The van der Waals surface area contributed by atoms with E-state index in [4.69, 9.17) is 16.3 Å². The number of aromatic nitrogens is 2. The largest absolute Gasteiger partial charge is 0.491 e. The van der Waals surface area contributed by atoms with Crippen LogP contribution in [0, 0.1) is 6.92 Å². The molecule has 0 saturated heterocycles. The number of hydrogen-bond acceptors (Lipinski definition) is 4. The third-order valence-corrected chi connectivity index (χ3v) is 3.17. The fourth-order valence-electron chi connectivity index (χ4n) is 1.85. The van der Waals surface area contributed by atoms with Gasteiger partial charge in [-0.25, -0.2) is 9.97 Å². The molecular formula is C16H20ClN3O. The SMILES string of the molecule is CCc1nc(Cl)cc(NC(C)COc2ccc(C)cc2)n1. The molecule has 1 aromatic heterocycles.